The molecule has 0 heterocycles. The number of aryl methyl sites for hydroxylation is 1. The third-order valence-corrected chi connectivity index (χ3v) is 4.38. The Morgan fingerprint density at radius 1 is 1.33 bits per heavy atom. The second-order valence-corrected chi connectivity index (χ2v) is 6.89. The summed E-state index contributed by atoms with van der Waals surface area (Å²) in [4.78, 5) is 0.912. The van der Waals surface area contributed by atoms with Gasteiger partial charge >= 0.3 is 0 Å². The number of hydrogen-bond acceptors (Lipinski definition) is 2. The minimum atomic E-state index is -0.907. The van der Waals surface area contributed by atoms with Gasteiger partial charge in [-0.25, -0.2) is 0 Å². The lowest BCUT2D eigenvalue weighted by molar-refractivity contribution is 0.432. The largest absolute Gasteiger partial charge is 0.254 e. The molecule has 1 atom stereocenters. The van der Waals surface area contributed by atoms with Crippen LogP contribution in [0.5, 0.6) is 0 Å². The lowest BCUT2D eigenvalue weighted by Gasteiger charge is -2.14. The molecule has 3 heteroatoms. The predicted molar refractivity (Wildman–Crippen MR) is 75.7 cm³/mol. The summed E-state index contributed by atoms with van der Waals surface area (Å²) in [5.41, 5.74) is 0.886. The molecule has 2 nitrogen and oxygen atoms in total. The maximum absolute atomic E-state index is 12.0. The Morgan fingerprint density at radius 3 is 2.67 bits per heavy atom. The van der Waals surface area contributed by atoms with Crippen molar-refractivity contribution in [2.24, 2.45) is 5.41 Å². The van der Waals surface area contributed by atoms with Crippen molar-refractivity contribution < 1.29 is 4.21 Å². The number of nitriles is 1. The van der Waals surface area contributed by atoms with Gasteiger partial charge in [-0.2, -0.15) is 5.26 Å². The topological polar surface area (TPSA) is 40.9 Å². The first-order chi connectivity index (χ1) is 8.44. The summed E-state index contributed by atoms with van der Waals surface area (Å²) >= 11 is 0. The van der Waals surface area contributed by atoms with Gasteiger partial charge in [-0.1, -0.05) is 18.6 Å². The van der Waals surface area contributed by atoms with E-state index in [0.717, 1.165) is 29.7 Å². The molecule has 18 heavy (non-hydrogen) atoms. The average Bonchev–Trinajstić information content (AvgIpc) is 2.34. The quantitative estimate of drug-likeness (QED) is 0.732. The molecule has 0 spiro atoms. The molecule has 1 aromatic rings. The van der Waals surface area contributed by atoms with Crippen molar-refractivity contribution in [1.29, 1.82) is 5.26 Å². The highest BCUT2D eigenvalue weighted by Gasteiger charge is 2.15. The van der Waals surface area contributed by atoms with Gasteiger partial charge in [-0.05, 0) is 51.3 Å². The van der Waals surface area contributed by atoms with Crippen molar-refractivity contribution in [2.45, 2.75) is 44.9 Å². The molecule has 0 saturated carbocycles. The van der Waals surface area contributed by atoms with Gasteiger partial charge < -0.3 is 0 Å². The number of benzene rings is 1. The Kier molecular flexibility index (Phi) is 5.55. The fourth-order valence-corrected chi connectivity index (χ4v) is 2.98. The number of rotatable bonds is 6. The van der Waals surface area contributed by atoms with Crippen molar-refractivity contribution in [3.8, 4) is 6.07 Å². The summed E-state index contributed by atoms with van der Waals surface area (Å²) in [7, 11) is -0.907. The van der Waals surface area contributed by atoms with E-state index in [1.54, 1.807) is 0 Å². The van der Waals surface area contributed by atoms with Crippen LogP contribution >= 0.6 is 0 Å². The van der Waals surface area contributed by atoms with Gasteiger partial charge in [-0.15, -0.1) is 0 Å². The second kappa shape index (κ2) is 6.70. The smallest absolute Gasteiger partial charge is 0.0683 e. The Morgan fingerprint density at radius 2 is 2.06 bits per heavy atom. The lowest BCUT2D eigenvalue weighted by Crippen LogP contribution is -2.08. The van der Waals surface area contributed by atoms with E-state index in [-0.39, 0.29) is 5.41 Å². The Labute approximate surface area is 112 Å². The van der Waals surface area contributed by atoms with Crippen LogP contribution in [-0.2, 0) is 10.8 Å². The van der Waals surface area contributed by atoms with E-state index in [4.69, 9.17) is 5.26 Å². The van der Waals surface area contributed by atoms with Crippen LogP contribution in [0.4, 0.5) is 0 Å². The van der Waals surface area contributed by atoms with E-state index in [9.17, 15) is 4.21 Å². The summed E-state index contributed by atoms with van der Waals surface area (Å²) in [6, 6.07) is 10.1. The molecule has 98 valence electrons. The third-order valence-electron chi connectivity index (χ3n) is 2.94. The molecule has 0 radical (unpaired) electrons. The zero-order valence-corrected chi connectivity index (χ0v) is 12.2. The first-order valence-corrected chi connectivity index (χ1v) is 7.63. The highest BCUT2D eigenvalue weighted by Crippen LogP contribution is 2.22. The molecule has 0 aliphatic carbocycles. The van der Waals surface area contributed by atoms with Crippen LogP contribution in [0.2, 0.25) is 0 Å². The van der Waals surface area contributed by atoms with Crippen LogP contribution in [0.15, 0.2) is 29.2 Å². The van der Waals surface area contributed by atoms with E-state index in [0.29, 0.717) is 5.75 Å². The SMILES string of the molecule is Cc1cccc(S(=O)CCCCC(C)(C)C#N)c1. The summed E-state index contributed by atoms with van der Waals surface area (Å²) in [6.45, 7) is 5.91. The van der Waals surface area contributed by atoms with Crippen LogP contribution in [-0.4, -0.2) is 9.96 Å². The Hall–Kier alpha value is -1.14. The average molecular weight is 263 g/mol. The molecule has 1 aromatic carbocycles. The number of hydrogen-bond donors (Lipinski definition) is 0. The van der Waals surface area contributed by atoms with E-state index in [2.05, 4.69) is 6.07 Å². The molecule has 1 unspecified atom stereocenters. The van der Waals surface area contributed by atoms with E-state index in [1.165, 1.54) is 0 Å². The van der Waals surface area contributed by atoms with Gasteiger partial charge in [0.15, 0.2) is 0 Å². The van der Waals surface area contributed by atoms with Crippen molar-refractivity contribution in [1.82, 2.24) is 0 Å². The van der Waals surface area contributed by atoms with Crippen LogP contribution in [0.1, 0.15) is 38.7 Å². The molecule has 0 aliphatic heterocycles. The van der Waals surface area contributed by atoms with Crippen LogP contribution < -0.4 is 0 Å². The van der Waals surface area contributed by atoms with E-state index in [1.807, 2.05) is 45.0 Å². The molecule has 0 N–H and O–H groups in total. The highest BCUT2D eigenvalue weighted by atomic mass is 32.2. The maximum Gasteiger partial charge on any atom is 0.0683 e. The molecule has 0 bridgehead atoms. The van der Waals surface area contributed by atoms with Gasteiger partial charge in [0.2, 0.25) is 0 Å². The fourth-order valence-electron chi connectivity index (χ4n) is 1.73. The van der Waals surface area contributed by atoms with Crippen molar-refractivity contribution in [2.75, 3.05) is 5.75 Å². The van der Waals surface area contributed by atoms with Gasteiger partial charge in [0.1, 0.15) is 0 Å². The first-order valence-electron chi connectivity index (χ1n) is 6.31. The van der Waals surface area contributed by atoms with Gasteiger partial charge in [-0.3, -0.25) is 4.21 Å². The molecule has 0 saturated heterocycles. The molecular formula is C15H21NOS. The first kappa shape index (κ1) is 14.9. The van der Waals surface area contributed by atoms with Crippen LogP contribution in [0.25, 0.3) is 0 Å². The summed E-state index contributed by atoms with van der Waals surface area (Å²) in [6.07, 6.45) is 2.73. The Bertz CT molecular complexity index is 460. The molecule has 0 fully saturated rings. The standard InChI is InChI=1S/C15H21NOS/c1-13-7-6-8-14(11-13)18(17)10-5-4-9-15(2,3)12-16/h6-8,11H,4-5,9-10H2,1-3H3. The summed E-state index contributed by atoms with van der Waals surface area (Å²) in [5.74, 6) is 0.685. The molecule has 0 amide bonds. The van der Waals surface area contributed by atoms with E-state index >= 15 is 0 Å². The highest BCUT2D eigenvalue weighted by molar-refractivity contribution is 7.85. The Balaban J connectivity index is 2.37. The summed E-state index contributed by atoms with van der Waals surface area (Å²) < 4.78 is 12.0. The number of unbranched alkanes of at least 4 members (excludes halogenated alkanes) is 1. The van der Waals surface area contributed by atoms with Gasteiger partial charge in [0.25, 0.3) is 0 Å². The van der Waals surface area contributed by atoms with Crippen molar-refractivity contribution in [3.63, 3.8) is 0 Å². The summed E-state index contributed by atoms with van der Waals surface area (Å²) in [5, 5.41) is 8.90. The van der Waals surface area contributed by atoms with Crippen LogP contribution in [0.3, 0.4) is 0 Å². The predicted octanol–water partition coefficient (Wildman–Crippen LogP) is 3.82. The molecule has 0 aromatic heterocycles. The van der Waals surface area contributed by atoms with E-state index < -0.39 is 10.8 Å². The zero-order valence-electron chi connectivity index (χ0n) is 11.4. The molecule has 1 rings (SSSR count). The number of nitrogens with zero attached hydrogens (tertiary/aromatic N) is 1. The maximum atomic E-state index is 12.0. The minimum Gasteiger partial charge on any atom is -0.254 e. The van der Waals surface area contributed by atoms with Gasteiger partial charge in [0, 0.05) is 10.6 Å². The van der Waals surface area contributed by atoms with Crippen LogP contribution in [0, 0.1) is 23.7 Å². The van der Waals surface area contributed by atoms with Crippen molar-refractivity contribution >= 4 is 10.8 Å². The zero-order chi connectivity index (χ0) is 13.6. The second-order valence-electron chi connectivity index (χ2n) is 5.32. The molecule has 0 aliphatic rings. The van der Waals surface area contributed by atoms with Crippen molar-refractivity contribution in [3.05, 3.63) is 29.8 Å². The molecular weight excluding hydrogens is 242 g/mol. The lowest BCUT2D eigenvalue weighted by atomic mass is 9.89. The fraction of sp³-hybridized carbons (Fsp3) is 0.533. The normalized spacial score (nSPS) is 13.0. The third kappa shape index (κ3) is 5.01. The minimum absolute atomic E-state index is 0.259. The van der Waals surface area contributed by atoms with Gasteiger partial charge in [0.05, 0.1) is 22.3 Å². The monoisotopic (exact) mass is 263 g/mol.